The lowest BCUT2D eigenvalue weighted by molar-refractivity contribution is -0.136. The Balaban J connectivity index is 1.80. The lowest BCUT2D eigenvalue weighted by atomic mass is 10.1. The zero-order chi connectivity index (χ0) is 23.6. The van der Waals surface area contributed by atoms with E-state index in [2.05, 4.69) is 6.07 Å². The fourth-order valence-electron chi connectivity index (χ4n) is 4.08. The maximum atomic E-state index is 13.3. The maximum absolute atomic E-state index is 13.3. The standard InChI is InChI=1S/C22H28Cl2N4O4/c1-22(2,3)32-21(30)28-14(12-31-19-10-17(26)15(23)9-16(19)24)6-7-18(28)20(29)27-8-4-5-13(27)11-25/h9-10,13-14,18H,4-8,12,26H2,1-3H3. The van der Waals surface area contributed by atoms with Crippen molar-refractivity contribution < 1.29 is 19.1 Å². The number of hydrogen-bond acceptors (Lipinski definition) is 6. The van der Waals surface area contributed by atoms with E-state index in [1.54, 1.807) is 25.7 Å². The van der Waals surface area contributed by atoms with Crippen LogP contribution in [0.15, 0.2) is 12.1 Å². The fraction of sp³-hybridized carbons (Fsp3) is 0.591. The Bertz CT molecular complexity index is 928. The minimum absolute atomic E-state index is 0.103. The highest BCUT2D eigenvalue weighted by molar-refractivity contribution is 6.37. The van der Waals surface area contributed by atoms with Crippen molar-refractivity contribution >= 4 is 40.9 Å². The summed E-state index contributed by atoms with van der Waals surface area (Å²) < 4.78 is 11.5. The van der Waals surface area contributed by atoms with E-state index < -0.39 is 29.8 Å². The highest BCUT2D eigenvalue weighted by atomic mass is 35.5. The summed E-state index contributed by atoms with van der Waals surface area (Å²) >= 11 is 12.2. The van der Waals surface area contributed by atoms with Crippen LogP contribution in [0.3, 0.4) is 0 Å². The third-order valence-electron chi connectivity index (χ3n) is 5.56. The molecule has 10 heteroatoms. The molecule has 2 fully saturated rings. The van der Waals surface area contributed by atoms with E-state index in [4.69, 9.17) is 38.4 Å². The summed E-state index contributed by atoms with van der Waals surface area (Å²) in [5.41, 5.74) is 5.44. The lowest BCUT2D eigenvalue weighted by Crippen LogP contribution is -2.53. The fourth-order valence-corrected chi connectivity index (χ4v) is 4.52. The normalized spacial score (nSPS) is 23.2. The largest absolute Gasteiger partial charge is 0.490 e. The van der Waals surface area contributed by atoms with Crippen molar-refractivity contribution in [2.45, 2.75) is 70.2 Å². The van der Waals surface area contributed by atoms with Crippen LogP contribution in [-0.4, -0.2) is 58.7 Å². The van der Waals surface area contributed by atoms with Gasteiger partial charge in [0.15, 0.2) is 0 Å². The molecule has 2 amide bonds. The highest BCUT2D eigenvalue weighted by Gasteiger charge is 2.46. The van der Waals surface area contributed by atoms with Crippen LogP contribution in [0.5, 0.6) is 5.75 Å². The van der Waals surface area contributed by atoms with E-state index in [1.807, 2.05) is 0 Å². The summed E-state index contributed by atoms with van der Waals surface area (Å²) in [7, 11) is 0. The number of rotatable bonds is 4. The average Bonchev–Trinajstić information content (AvgIpc) is 3.34. The first-order valence-corrected chi connectivity index (χ1v) is 11.4. The summed E-state index contributed by atoms with van der Waals surface area (Å²) in [6.45, 7) is 5.92. The van der Waals surface area contributed by atoms with Crippen molar-refractivity contribution in [3.8, 4) is 11.8 Å². The number of halogens is 2. The van der Waals surface area contributed by atoms with Gasteiger partial charge in [-0.15, -0.1) is 0 Å². The van der Waals surface area contributed by atoms with Crippen molar-refractivity contribution in [2.75, 3.05) is 18.9 Å². The number of likely N-dealkylation sites (tertiary alicyclic amines) is 2. The Morgan fingerprint density at radius 1 is 1.22 bits per heavy atom. The van der Waals surface area contributed by atoms with E-state index >= 15 is 0 Å². The minimum Gasteiger partial charge on any atom is -0.490 e. The van der Waals surface area contributed by atoms with Gasteiger partial charge in [0.2, 0.25) is 5.91 Å². The van der Waals surface area contributed by atoms with Crippen LogP contribution in [0, 0.1) is 11.3 Å². The van der Waals surface area contributed by atoms with Crippen molar-refractivity contribution in [1.82, 2.24) is 9.80 Å². The molecule has 1 aromatic carbocycles. The van der Waals surface area contributed by atoms with Gasteiger partial charge in [0.25, 0.3) is 0 Å². The van der Waals surface area contributed by atoms with Gasteiger partial charge in [-0.25, -0.2) is 4.79 Å². The van der Waals surface area contributed by atoms with Crippen molar-refractivity contribution in [1.29, 1.82) is 5.26 Å². The summed E-state index contributed by atoms with van der Waals surface area (Å²) in [5, 5.41) is 10.0. The van der Waals surface area contributed by atoms with Gasteiger partial charge in [0.1, 0.15) is 30.0 Å². The first kappa shape index (κ1) is 24.3. The number of nitrogens with two attached hydrogens (primary N) is 1. The van der Waals surface area contributed by atoms with E-state index in [0.717, 1.165) is 6.42 Å². The topological polar surface area (TPSA) is 109 Å². The molecule has 2 aliphatic rings. The molecule has 2 aliphatic heterocycles. The lowest BCUT2D eigenvalue weighted by Gasteiger charge is -2.34. The van der Waals surface area contributed by atoms with E-state index in [1.165, 1.54) is 17.0 Å². The molecule has 174 valence electrons. The smallest absolute Gasteiger partial charge is 0.411 e. The van der Waals surface area contributed by atoms with Gasteiger partial charge in [-0.2, -0.15) is 5.26 Å². The molecular formula is C22H28Cl2N4O4. The van der Waals surface area contributed by atoms with Gasteiger partial charge >= 0.3 is 6.09 Å². The third-order valence-corrected chi connectivity index (χ3v) is 6.18. The van der Waals surface area contributed by atoms with Crippen LogP contribution in [-0.2, 0) is 9.53 Å². The van der Waals surface area contributed by atoms with Crippen LogP contribution >= 0.6 is 23.2 Å². The number of nitrogens with zero attached hydrogens (tertiary/aromatic N) is 3. The molecule has 0 spiro atoms. The van der Waals surface area contributed by atoms with Gasteiger partial charge < -0.3 is 20.1 Å². The summed E-state index contributed by atoms with van der Waals surface area (Å²) in [5.74, 6) is 0.118. The van der Waals surface area contributed by atoms with E-state index in [9.17, 15) is 14.9 Å². The molecule has 2 saturated heterocycles. The van der Waals surface area contributed by atoms with E-state index in [0.29, 0.717) is 47.3 Å². The molecule has 3 rings (SSSR count). The molecule has 3 atom stereocenters. The summed E-state index contributed by atoms with van der Waals surface area (Å²) in [4.78, 5) is 29.4. The summed E-state index contributed by atoms with van der Waals surface area (Å²) in [6, 6.07) is 3.63. The molecule has 0 radical (unpaired) electrons. The van der Waals surface area contributed by atoms with Gasteiger partial charge in [0.05, 0.1) is 27.8 Å². The van der Waals surface area contributed by atoms with E-state index in [-0.39, 0.29) is 12.5 Å². The molecule has 0 saturated carbocycles. The predicted molar refractivity (Wildman–Crippen MR) is 122 cm³/mol. The molecule has 3 unspecified atom stereocenters. The molecule has 2 heterocycles. The Morgan fingerprint density at radius 2 is 1.94 bits per heavy atom. The molecule has 32 heavy (non-hydrogen) atoms. The van der Waals surface area contributed by atoms with Crippen LogP contribution in [0.2, 0.25) is 10.0 Å². The number of hydrogen-bond donors (Lipinski definition) is 1. The van der Waals surface area contributed by atoms with Crippen LogP contribution in [0.25, 0.3) is 0 Å². The van der Waals surface area contributed by atoms with Gasteiger partial charge in [-0.1, -0.05) is 23.2 Å². The number of ether oxygens (including phenoxy) is 2. The molecule has 8 nitrogen and oxygen atoms in total. The first-order chi connectivity index (χ1) is 15.0. The number of nitrogen functional groups attached to an aromatic ring is 1. The number of carbonyl (C=O) groups excluding carboxylic acids is 2. The Kier molecular flexibility index (Phi) is 7.31. The van der Waals surface area contributed by atoms with Crippen molar-refractivity contribution in [3.05, 3.63) is 22.2 Å². The minimum atomic E-state index is -0.727. The second kappa shape index (κ2) is 9.63. The molecule has 0 bridgehead atoms. The molecule has 0 aliphatic carbocycles. The quantitative estimate of drug-likeness (QED) is 0.642. The van der Waals surface area contributed by atoms with Crippen LogP contribution in [0.1, 0.15) is 46.5 Å². The second-order valence-corrected chi connectivity index (χ2v) is 9.88. The van der Waals surface area contributed by atoms with Gasteiger partial charge in [0, 0.05) is 12.6 Å². The highest BCUT2D eigenvalue weighted by Crippen LogP contribution is 2.35. The van der Waals surface area contributed by atoms with Crippen molar-refractivity contribution in [3.63, 3.8) is 0 Å². The van der Waals surface area contributed by atoms with Gasteiger partial charge in [-0.05, 0) is 52.5 Å². The summed E-state index contributed by atoms with van der Waals surface area (Å²) in [6.07, 6.45) is 1.83. The number of carbonyl (C=O) groups is 2. The maximum Gasteiger partial charge on any atom is 0.411 e. The van der Waals surface area contributed by atoms with Gasteiger partial charge in [-0.3, -0.25) is 9.69 Å². The molecule has 1 aromatic rings. The Labute approximate surface area is 198 Å². The number of amides is 2. The second-order valence-electron chi connectivity index (χ2n) is 9.07. The zero-order valence-corrected chi connectivity index (χ0v) is 19.9. The molecule has 2 N–H and O–H groups in total. The number of benzene rings is 1. The number of anilines is 1. The average molecular weight is 483 g/mol. The number of nitriles is 1. The monoisotopic (exact) mass is 482 g/mol. The Morgan fingerprint density at radius 3 is 2.59 bits per heavy atom. The van der Waals surface area contributed by atoms with Crippen molar-refractivity contribution in [2.24, 2.45) is 0 Å². The zero-order valence-electron chi connectivity index (χ0n) is 18.4. The third kappa shape index (κ3) is 5.33. The van der Waals surface area contributed by atoms with Crippen LogP contribution in [0.4, 0.5) is 10.5 Å². The SMILES string of the molecule is CC(C)(C)OC(=O)N1C(COc2cc(N)c(Cl)cc2Cl)CCC1C(=O)N1CCCC1C#N. The molecular weight excluding hydrogens is 455 g/mol. The molecule has 0 aromatic heterocycles. The first-order valence-electron chi connectivity index (χ1n) is 10.6. The predicted octanol–water partition coefficient (Wildman–Crippen LogP) is 4.24. The Hall–Kier alpha value is -2.37. The van der Waals surface area contributed by atoms with Crippen LogP contribution < -0.4 is 10.5 Å².